The molecule has 0 aliphatic rings. The maximum absolute atomic E-state index is 11.4. The number of esters is 1. The molecule has 1 aromatic carbocycles. The van der Waals surface area contributed by atoms with Gasteiger partial charge in [0.2, 0.25) is 5.88 Å². The number of methoxy groups -OCH3 is 1. The van der Waals surface area contributed by atoms with Gasteiger partial charge in [-0.2, -0.15) is 10.1 Å². The van der Waals surface area contributed by atoms with E-state index in [1.54, 1.807) is 16.8 Å². The fourth-order valence-corrected chi connectivity index (χ4v) is 2.72. The van der Waals surface area contributed by atoms with Crippen molar-refractivity contribution in [1.82, 2.24) is 14.8 Å². The molecule has 3 aromatic rings. The second-order valence-corrected chi connectivity index (χ2v) is 5.66. The predicted molar refractivity (Wildman–Crippen MR) is 90.1 cm³/mol. The van der Waals surface area contributed by atoms with Crippen LogP contribution in [0, 0.1) is 13.8 Å². The summed E-state index contributed by atoms with van der Waals surface area (Å²) in [5, 5.41) is 5.46. The molecule has 2 heterocycles. The lowest BCUT2D eigenvalue weighted by molar-refractivity contribution is 0.0600. The van der Waals surface area contributed by atoms with Crippen molar-refractivity contribution in [2.24, 2.45) is 7.05 Å². The fourth-order valence-electron chi connectivity index (χ4n) is 2.72. The van der Waals surface area contributed by atoms with Gasteiger partial charge in [0.05, 0.1) is 18.4 Å². The van der Waals surface area contributed by atoms with Crippen molar-refractivity contribution in [2.75, 3.05) is 7.11 Å². The number of hydrogen-bond acceptors (Lipinski definition) is 5. The summed E-state index contributed by atoms with van der Waals surface area (Å²) in [5.41, 5.74) is 4.32. The minimum Gasteiger partial charge on any atom is -0.473 e. The number of carbonyl (C=O) groups excluding carboxylic acids is 1. The molecule has 3 rings (SSSR count). The van der Waals surface area contributed by atoms with E-state index in [1.807, 2.05) is 39.1 Å². The fraction of sp³-hybridized carbons (Fsp3) is 0.278. The standard InChI is InChI=1S/C18H19N3O3/c1-11-9-15(19-17-16(11)12(2)20-21(17)3)24-10-13-5-7-14(8-6-13)18(22)23-4/h5-9H,10H2,1-4H3. The molecule has 0 fully saturated rings. The smallest absolute Gasteiger partial charge is 0.337 e. The van der Waals surface area contributed by atoms with Crippen LogP contribution in [0.15, 0.2) is 30.3 Å². The minimum atomic E-state index is -0.350. The number of aromatic nitrogens is 3. The molecule has 2 aromatic heterocycles. The Morgan fingerprint density at radius 2 is 1.92 bits per heavy atom. The molecule has 6 nitrogen and oxygen atoms in total. The summed E-state index contributed by atoms with van der Waals surface area (Å²) >= 11 is 0. The van der Waals surface area contributed by atoms with Gasteiger partial charge in [0.1, 0.15) is 6.61 Å². The number of ether oxygens (including phenoxy) is 2. The summed E-state index contributed by atoms with van der Waals surface area (Å²) in [6, 6.07) is 9.03. The van der Waals surface area contributed by atoms with Gasteiger partial charge in [-0.05, 0) is 37.1 Å². The summed E-state index contributed by atoms with van der Waals surface area (Å²) < 4.78 is 12.2. The third-order valence-corrected chi connectivity index (χ3v) is 3.90. The van der Waals surface area contributed by atoms with Crippen molar-refractivity contribution in [3.05, 3.63) is 52.7 Å². The average Bonchev–Trinajstić information content (AvgIpc) is 2.87. The lowest BCUT2D eigenvalue weighted by Crippen LogP contribution is -2.02. The number of fused-ring (bicyclic) bond motifs is 1. The summed E-state index contributed by atoms with van der Waals surface area (Å²) in [4.78, 5) is 16.0. The van der Waals surface area contributed by atoms with Crippen molar-refractivity contribution in [2.45, 2.75) is 20.5 Å². The van der Waals surface area contributed by atoms with Crippen molar-refractivity contribution in [3.8, 4) is 5.88 Å². The molecule has 124 valence electrons. The molecule has 0 N–H and O–H groups in total. The largest absolute Gasteiger partial charge is 0.473 e. The van der Waals surface area contributed by atoms with Crippen LogP contribution in [0.1, 0.15) is 27.2 Å². The number of rotatable bonds is 4. The van der Waals surface area contributed by atoms with Crippen molar-refractivity contribution in [3.63, 3.8) is 0 Å². The molecule has 6 heteroatoms. The summed E-state index contributed by atoms with van der Waals surface area (Å²) in [6.07, 6.45) is 0. The highest BCUT2D eigenvalue weighted by atomic mass is 16.5. The number of carbonyl (C=O) groups is 1. The Morgan fingerprint density at radius 3 is 2.58 bits per heavy atom. The Kier molecular flexibility index (Phi) is 4.20. The van der Waals surface area contributed by atoms with Gasteiger partial charge in [0, 0.05) is 18.5 Å². The number of aryl methyl sites for hydroxylation is 3. The third kappa shape index (κ3) is 2.95. The van der Waals surface area contributed by atoms with E-state index in [0.29, 0.717) is 18.1 Å². The lowest BCUT2D eigenvalue weighted by Gasteiger charge is -2.08. The number of nitrogens with zero attached hydrogens (tertiary/aromatic N) is 3. The Labute approximate surface area is 140 Å². The zero-order chi connectivity index (χ0) is 17.3. The molecule has 0 radical (unpaired) electrons. The molecule has 0 spiro atoms. The van der Waals surface area contributed by atoms with E-state index in [9.17, 15) is 4.79 Å². The van der Waals surface area contributed by atoms with Crippen LogP contribution in [-0.4, -0.2) is 27.8 Å². The normalized spacial score (nSPS) is 10.8. The zero-order valence-corrected chi connectivity index (χ0v) is 14.2. The summed E-state index contributed by atoms with van der Waals surface area (Å²) in [6.45, 7) is 4.37. The van der Waals surface area contributed by atoms with Crippen molar-refractivity contribution in [1.29, 1.82) is 0 Å². The van der Waals surface area contributed by atoms with E-state index >= 15 is 0 Å². The van der Waals surface area contributed by atoms with Crippen molar-refractivity contribution < 1.29 is 14.3 Å². The van der Waals surface area contributed by atoms with E-state index in [2.05, 4.69) is 14.8 Å². The van der Waals surface area contributed by atoms with E-state index in [0.717, 1.165) is 27.9 Å². The quantitative estimate of drug-likeness (QED) is 0.690. The second-order valence-electron chi connectivity index (χ2n) is 5.66. The van der Waals surface area contributed by atoms with Gasteiger partial charge < -0.3 is 9.47 Å². The average molecular weight is 325 g/mol. The van der Waals surface area contributed by atoms with E-state index in [1.165, 1.54) is 7.11 Å². The summed E-state index contributed by atoms with van der Waals surface area (Å²) in [7, 11) is 3.24. The highest BCUT2D eigenvalue weighted by Crippen LogP contribution is 2.24. The lowest BCUT2D eigenvalue weighted by atomic mass is 10.1. The molecule has 0 saturated heterocycles. The van der Waals surface area contributed by atoms with Crippen LogP contribution >= 0.6 is 0 Å². The first-order valence-corrected chi connectivity index (χ1v) is 7.60. The van der Waals surface area contributed by atoms with Crippen LogP contribution in [0.5, 0.6) is 5.88 Å². The molecule has 0 aliphatic carbocycles. The predicted octanol–water partition coefficient (Wildman–Crippen LogP) is 2.95. The maximum atomic E-state index is 11.4. The molecular formula is C18H19N3O3. The number of hydrogen-bond donors (Lipinski definition) is 0. The molecular weight excluding hydrogens is 306 g/mol. The molecule has 24 heavy (non-hydrogen) atoms. The van der Waals surface area contributed by atoms with E-state index in [-0.39, 0.29) is 5.97 Å². The monoisotopic (exact) mass is 325 g/mol. The van der Waals surface area contributed by atoms with Gasteiger partial charge in [-0.15, -0.1) is 0 Å². The first-order chi connectivity index (χ1) is 11.5. The van der Waals surface area contributed by atoms with Gasteiger partial charge in [0.15, 0.2) is 5.65 Å². The number of benzene rings is 1. The Hall–Kier alpha value is -2.89. The highest BCUT2D eigenvalue weighted by Gasteiger charge is 2.12. The molecule has 0 amide bonds. The molecule has 0 bridgehead atoms. The van der Waals surface area contributed by atoms with Gasteiger partial charge in [0.25, 0.3) is 0 Å². The van der Waals surface area contributed by atoms with Gasteiger partial charge in [-0.3, -0.25) is 4.68 Å². The van der Waals surface area contributed by atoms with Gasteiger partial charge >= 0.3 is 5.97 Å². The molecule has 0 unspecified atom stereocenters. The van der Waals surface area contributed by atoms with Crippen molar-refractivity contribution >= 4 is 17.0 Å². The van der Waals surface area contributed by atoms with Gasteiger partial charge in [-0.1, -0.05) is 12.1 Å². The third-order valence-electron chi connectivity index (χ3n) is 3.90. The minimum absolute atomic E-state index is 0.350. The van der Waals surface area contributed by atoms with Crippen LogP contribution in [0.2, 0.25) is 0 Å². The number of pyridine rings is 1. The SMILES string of the molecule is COC(=O)c1ccc(COc2cc(C)c3c(C)nn(C)c3n2)cc1. The molecule has 0 aliphatic heterocycles. The zero-order valence-electron chi connectivity index (χ0n) is 14.2. The van der Waals surface area contributed by atoms with E-state index in [4.69, 9.17) is 4.74 Å². The summed E-state index contributed by atoms with van der Waals surface area (Å²) in [5.74, 6) is 0.205. The Bertz CT molecular complexity index is 898. The van der Waals surface area contributed by atoms with Crippen LogP contribution in [-0.2, 0) is 18.4 Å². The molecule has 0 atom stereocenters. The second kappa shape index (κ2) is 6.31. The van der Waals surface area contributed by atoms with Crippen LogP contribution in [0.4, 0.5) is 0 Å². The van der Waals surface area contributed by atoms with Crippen LogP contribution < -0.4 is 4.74 Å². The van der Waals surface area contributed by atoms with Gasteiger partial charge in [-0.25, -0.2) is 4.79 Å². The molecule has 0 saturated carbocycles. The Morgan fingerprint density at radius 1 is 1.21 bits per heavy atom. The highest BCUT2D eigenvalue weighted by molar-refractivity contribution is 5.89. The van der Waals surface area contributed by atoms with Crippen LogP contribution in [0.3, 0.4) is 0 Å². The van der Waals surface area contributed by atoms with E-state index < -0.39 is 0 Å². The van der Waals surface area contributed by atoms with Crippen LogP contribution in [0.25, 0.3) is 11.0 Å². The first kappa shape index (κ1) is 16.0. The topological polar surface area (TPSA) is 66.2 Å². The Balaban J connectivity index is 1.78. The maximum Gasteiger partial charge on any atom is 0.337 e. The first-order valence-electron chi connectivity index (χ1n) is 7.60.